The molecule has 0 amide bonds. The molecule has 22 heavy (non-hydrogen) atoms. The highest BCUT2D eigenvalue weighted by molar-refractivity contribution is 7.89. The topological polar surface area (TPSA) is 64.4 Å². The SMILES string of the molecule is CCOc1ccc(S(=O)(=O)N(C)Cc2cnn(C)c2C)cc1. The lowest BCUT2D eigenvalue weighted by molar-refractivity contribution is 0.340. The third kappa shape index (κ3) is 3.31. The molecule has 0 atom stereocenters. The predicted octanol–water partition coefficient (Wildman–Crippen LogP) is 1.95. The fourth-order valence-corrected chi connectivity index (χ4v) is 3.23. The van der Waals surface area contributed by atoms with Crippen molar-refractivity contribution in [2.75, 3.05) is 13.7 Å². The van der Waals surface area contributed by atoms with Gasteiger partial charge in [-0.1, -0.05) is 0 Å². The van der Waals surface area contributed by atoms with Gasteiger partial charge in [0.05, 0.1) is 17.7 Å². The van der Waals surface area contributed by atoms with Gasteiger partial charge < -0.3 is 4.74 Å². The van der Waals surface area contributed by atoms with Crippen LogP contribution < -0.4 is 4.74 Å². The molecule has 0 aliphatic rings. The summed E-state index contributed by atoms with van der Waals surface area (Å²) in [6.07, 6.45) is 1.69. The molecular formula is C15H21N3O3S. The van der Waals surface area contributed by atoms with Gasteiger partial charge in [-0.15, -0.1) is 0 Å². The number of rotatable bonds is 6. The van der Waals surface area contributed by atoms with Gasteiger partial charge in [-0.2, -0.15) is 9.40 Å². The Labute approximate surface area is 131 Å². The van der Waals surface area contributed by atoms with E-state index in [0.717, 1.165) is 11.3 Å². The molecule has 2 rings (SSSR count). The van der Waals surface area contributed by atoms with Gasteiger partial charge in [-0.3, -0.25) is 4.68 Å². The summed E-state index contributed by atoms with van der Waals surface area (Å²) >= 11 is 0. The number of sulfonamides is 1. The van der Waals surface area contributed by atoms with Crippen molar-refractivity contribution in [3.8, 4) is 5.75 Å². The average molecular weight is 323 g/mol. The molecule has 0 fully saturated rings. The van der Waals surface area contributed by atoms with Crippen LogP contribution in [0.5, 0.6) is 5.75 Å². The molecule has 0 aliphatic carbocycles. The second kappa shape index (κ2) is 6.50. The van der Waals surface area contributed by atoms with E-state index >= 15 is 0 Å². The van der Waals surface area contributed by atoms with Crippen LogP contribution >= 0.6 is 0 Å². The molecule has 0 spiro atoms. The minimum absolute atomic E-state index is 0.250. The molecule has 2 aromatic rings. The van der Waals surface area contributed by atoms with Crippen LogP contribution in [0.15, 0.2) is 35.4 Å². The number of ether oxygens (including phenoxy) is 1. The van der Waals surface area contributed by atoms with Gasteiger partial charge in [0.2, 0.25) is 10.0 Å². The van der Waals surface area contributed by atoms with Gasteiger partial charge in [0.25, 0.3) is 0 Å². The molecule has 1 heterocycles. The van der Waals surface area contributed by atoms with E-state index in [2.05, 4.69) is 5.10 Å². The van der Waals surface area contributed by atoms with Crippen molar-refractivity contribution in [3.63, 3.8) is 0 Å². The fourth-order valence-electron chi connectivity index (χ4n) is 2.08. The first-order valence-electron chi connectivity index (χ1n) is 7.03. The van der Waals surface area contributed by atoms with E-state index in [0.29, 0.717) is 12.4 Å². The molecular weight excluding hydrogens is 302 g/mol. The standard InChI is InChI=1S/C15H21N3O3S/c1-5-21-14-6-8-15(9-7-14)22(19,20)17(3)11-13-10-16-18(4)12(13)2/h6-10H,5,11H2,1-4H3. The lowest BCUT2D eigenvalue weighted by atomic mass is 10.3. The summed E-state index contributed by atoms with van der Waals surface area (Å²) in [5.74, 6) is 0.659. The highest BCUT2D eigenvalue weighted by Crippen LogP contribution is 2.20. The van der Waals surface area contributed by atoms with Crippen LogP contribution in [-0.4, -0.2) is 36.2 Å². The van der Waals surface area contributed by atoms with Gasteiger partial charge in [0, 0.05) is 31.9 Å². The van der Waals surface area contributed by atoms with Crippen molar-refractivity contribution < 1.29 is 13.2 Å². The smallest absolute Gasteiger partial charge is 0.243 e. The summed E-state index contributed by atoms with van der Waals surface area (Å²) in [7, 11) is -0.135. The average Bonchev–Trinajstić information content (AvgIpc) is 2.80. The summed E-state index contributed by atoms with van der Waals surface area (Å²) in [4.78, 5) is 0.250. The quantitative estimate of drug-likeness (QED) is 0.815. The van der Waals surface area contributed by atoms with E-state index in [1.165, 1.54) is 4.31 Å². The zero-order valence-corrected chi connectivity index (χ0v) is 14.1. The van der Waals surface area contributed by atoms with Gasteiger partial charge in [0.1, 0.15) is 5.75 Å². The van der Waals surface area contributed by atoms with E-state index in [-0.39, 0.29) is 11.4 Å². The minimum atomic E-state index is -3.54. The Morgan fingerprint density at radius 2 is 1.91 bits per heavy atom. The monoisotopic (exact) mass is 323 g/mol. The van der Waals surface area contributed by atoms with Crippen molar-refractivity contribution in [3.05, 3.63) is 41.7 Å². The van der Waals surface area contributed by atoms with Gasteiger partial charge in [0.15, 0.2) is 0 Å². The summed E-state index contributed by atoms with van der Waals surface area (Å²) in [6.45, 7) is 4.63. The Kier molecular flexibility index (Phi) is 4.87. The van der Waals surface area contributed by atoms with Crippen LogP contribution in [0.25, 0.3) is 0 Å². The number of hydrogen-bond acceptors (Lipinski definition) is 4. The van der Waals surface area contributed by atoms with Crippen molar-refractivity contribution in [1.29, 1.82) is 0 Å². The summed E-state index contributed by atoms with van der Waals surface area (Å²) < 4.78 is 33.5. The highest BCUT2D eigenvalue weighted by atomic mass is 32.2. The summed E-state index contributed by atoms with van der Waals surface area (Å²) in [5.41, 5.74) is 1.84. The van der Waals surface area contributed by atoms with Crippen LogP contribution in [0, 0.1) is 6.92 Å². The maximum absolute atomic E-state index is 12.6. The first-order valence-corrected chi connectivity index (χ1v) is 8.47. The Balaban J connectivity index is 2.20. The molecule has 0 bridgehead atoms. The minimum Gasteiger partial charge on any atom is -0.494 e. The highest BCUT2D eigenvalue weighted by Gasteiger charge is 2.22. The maximum atomic E-state index is 12.6. The summed E-state index contributed by atoms with van der Waals surface area (Å²) in [6, 6.07) is 6.46. The van der Waals surface area contributed by atoms with Crippen LogP contribution in [-0.2, 0) is 23.6 Å². The molecule has 0 N–H and O–H groups in total. The van der Waals surface area contributed by atoms with Crippen LogP contribution in [0.4, 0.5) is 0 Å². The number of nitrogens with zero attached hydrogens (tertiary/aromatic N) is 3. The fraction of sp³-hybridized carbons (Fsp3) is 0.400. The van der Waals surface area contributed by atoms with Crippen molar-refractivity contribution in [1.82, 2.24) is 14.1 Å². The third-order valence-electron chi connectivity index (χ3n) is 3.57. The second-order valence-corrected chi connectivity index (χ2v) is 7.09. The maximum Gasteiger partial charge on any atom is 0.243 e. The van der Waals surface area contributed by atoms with Crippen LogP contribution in [0.1, 0.15) is 18.2 Å². The lowest BCUT2D eigenvalue weighted by Crippen LogP contribution is -2.26. The van der Waals surface area contributed by atoms with Crippen LogP contribution in [0.2, 0.25) is 0 Å². The lowest BCUT2D eigenvalue weighted by Gasteiger charge is -2.17. The normalized spacial score (nSPS) is 11.9. The van der Waals surface area contributed by atoms with E-state index in [1.807, 2.05) is 20.9 Å². The molecule has 0 radical (unpaired) electrons. The largest absolute Gasteiger partial charge is 0.494 e. The first kappa shape index (κ1) is 16.5. The molecule has 0 unspecified atom stereocenters. The summed E-state index contributed by atoms with van der Waals surface area (Å²) in [5, 5.41) is 4.13. The molecule has 7 heteroatoms. The molecule has 6 nitrogen and oxygen atoms in total. The second-order valence-electron chi connectivity index (χ2n) is 5.04. The van der Waals surface area contributed by atoms with Crippen molar-refractivity contribution in [2.24, 2.45) is 7.05 Å². The zero-order chi connectivity index (χ0) is 16.3. The van der Waals surface area contributed by atoms with E-state index in [4.69, 9.17) is 4.74 Å². The van der Waals surface area contributed by atoms with E-state index in [1.54, 1.807) is 42.2 Å². The van der Waals surface area contributed by atoms with Crippen molar-refractivity contribution in [2.45, 2.75) is 25.3 Å². The molecule has 120 valence electrons. The molecule has 1 aromatic carbocycles. The zero-order valence-electron chi connectivity index (χ0n) is 13.3. The molecule has 0 saturated heterocycles. The number of aromatic nitrogens is 2. The Bertz CT molecular complexity index is 736. The number of hydrogen-bond donors (Lipinski definition) is 0. The van der Waals surface area contributed by atoms with Crippen molar-refractivity contribution >= 4 is 10.0 Å². The Morgan fingerprint density at radius 3 is 2.41 bits per heavy atom. The number of benzene rings is 1. The van der Waals surface area contributed by atoms with Crippen LogP contribution in [0.3, 0.4) is 0 Å². The van der Waals surface area contributed by atoms with Gasteiger partial charge in [-0.25, -0.2) is 8.42 Å². The van der Waals surface area contributed by atoms with E-state index < -0.39 is 10.0 Å². The van der Waals surface area contributed by atoms with E-state index in [9.17, 15) is 8.42 Å². The molecule has 1 aromatic heterocycles. The Morgan fingerprint density at radius 1 is 1.27 bits per heavy atom. The number of aryl methyl sites for hydroxylation is 1. The first-order chi connectivity index (χ1) is 10.4. The predicted molar refractivity (Wildman–Crippen MR) is 84.2 cm³/mol. The molecule has 0 saturated carbocycles. The Hall–Kier alpha value is -1.86. The molecule has 0 aliphatic heterocycles. The van der Waals surface area contributed by atoms with Gasteiger partial charge in [-0.05, 0) is 38.1 Å². The van der Waals surface area contributed by atoms with Gasteiger partial charge >= 0.3 is 0 Å². The third-order valence-corrected chi connectivity index (χ3v) is 5.39.